The number of piperidine rings is 1. The van der Waals surface area contributed by atoms with Crippen LogP contribution in [0, 0.1) is 5.92 Å². The van der Waals surface area contributed by atoms with E-state index in [1.54, 1.807) is 0 Å². The SMILES string of the molecule is CS(=O)(=O)C1(C(=O)NC2CCC(C(F)(F)F)CC2)CCNCC1. The van der Waals surface area contributed by atoms with Crippen LogP contribution in [0.5, 0.6) is 0 Å². The predicted octanol–water partition coefficient (Wildman–Crippen LogP) is 1.39. The highest BCUT2D eigenvalue weighted by molar-refractivity contribution is 7.92. The molecule has 0 radical (unpaired) electrons. The van der Waals surface area contributed by atoms with Crippen molar-refractivity contribution in [2.24, 2.45) is 5.92 Å². The van der Waals surface area contributed by atoms with E-state index < -0.39 is 32.6 Å². The van der Waals surface area contributed by atoms with Crippen LogP contribution < -0.4 is 10.6 Å². The van der Waals surface area contributed by atoms with Crippen LogP contribution in [0.25, 0.3) is 0 Å². The van der Waals surface area contributed by atoms with Gasteiger partial charge in [-0.05, 0) is 51.6 Å². The van der Waals surface area contributed by atoms with E-state index in [4.69, 9.17) is 0 Å². The van der Waals surface area contributed by atoms with Gasteiger partial charge >= 0.3 is 6.18 Å². The topological polar surface area (TPSA) is 75.3 Å². The Morgan fingerprint density at radius 3 is 2.09 bits per heavy atom. The fourth-order valence-electron chi connectivity index (χ4n) is 3.48. The molecule has 9 heteroatoms. The predicted molar refractivity (Wildman–Crippen MR) is 79.6 cm³/mol. The van der Waals surface area contributed by atoms with Gasteiger partial charge in [-0.15, -0.1) is 0 Å². The Kier molecular flexibility index (Phi) is 5.30. The van der Waals surface area contributed by atoms with E-state index in [2.05, 4.69) is 10.6 Å². The molecule has 1 aliphatic carbocycles. The fourth-order valence-corrected chi connectivity index (χ4v) is 4.82. The van der Waals surface area contributed by atoms with Gasteiger partial charge in [0.1, 0.15) is 0 Å². The molecule has 1 amide bonds. The number of alkyl halides is 3. The Morgan fingerprint density at radius 2 is 1.65 bits per heavy atom. The number of nitrogens with one attached hydrogen (secondary N) is 2. The molecule has 1 saturated carbocycles. The first-order valence-corrected chi connectivity index (χ1v) is 9.73. The molecule has 0 atom stereocenters. The van der Waals surface area contributed by atoms with Crippen LogP contribution in [0.4, 0.5) is 13.2 Å². The summed E-state index contributed by atoms with van der Waals surface area (Å²) >= 11 is 0. The molecule has 2 rings (SSSR count). The standard InChI is InChI=1S/C14H23F3N2O3S/c1-23(21,22)13(6-8-18-9-7-13)12(20)19-11-4-2-10(3-5-11)14(15,16)17/h10-11,18H,2-9H2,1H3,(H,19,20). The van der Waals surface area contributed by atoms with Gasteiger partial charge in [-0.2, -0.15) is 13.2 Å². The van der Waals surface area contributed by atoms with E-state index in [9.17, 15) is 26.4 Å². The summed E-state index contributed by atoms with van der Waals surface area (Å²) in [5.74, 6) is -1.88. The number of rotatable bonds is 3. The summed E-state index contributed by atoms with van der Waals surface area (Å²) in [5.41, 5.74) is 0. The second kappa shape index (κ2) is 6.58. The van der Waals surface area contributed by atoms with Crippen LogP contribution in [-0.2, 0) is 14.6 Å². The molecule has 0 aromatic heterocycles. The average Bonchev–Trinajstić information content (AvgIpc) is 2.46. The summed E-state index contributed by atoms with van der Waals surface area (Å²) in [6.07, 6.45) is -2.35. The minimum Gasteiger partial charge on any atom is -0.352 e. The molecular formula is C14H23F3N2O3S. The monoisotopic (exact) mass is 356 g/mol. The van der Waals surface area contributed by atoms with Crippen LogP contribution in [0.3, 0.4) is 0 Å². The summed E-state index contributed by atoms with van der Waals surface area (Å²) in [6.45, 7) is 0.864. The lowest BCUT2D eigenvalue weighted by atomic mass is 9.85. The van der Waals surface area contributed by atoms with Gasteiger partial charge in [-0.1, -0.05) is 0 Å². The van der Waals surface area contributed by atoms with Gasteiger partial charge in [-0.3, -0.25) is 4.79 Å². The smallest absolute Gasteiger partial charge is 0.352 e. The highest BCUT2D eigenvalue weighted by Gasteiger charge is 2.49. The quantitative estimate of drug-likeness (QED) is 0.801. The molecule has 134 valence electrons. The van der Waals surface area contributed by atoms with Crippen LogP contribution in [0.15, 0.2) is 0 Å². The van der Waals surface area contributed by atoms with E-state index in [1.807, 2.05) is 0 Å². The van der Waals surface area contributed by atoms with Gasteiger partial charge in [0, 0.05) is 12.3 Å². The lowest BCUT2D eigenvalue weighted by molar-refractivity contribution is -0.182. The molecular weight excluding hydrogens is 333 g/mol. The van der Waals surface area contributed by atoms with Gasteiger partial charge in [0.05, 0.1) is 5.92 Å². The van der Waals surface area contributed by atoms with Crippen molar-refractivity contribution >= 4 is 15.7 Å². The second-order valence-electron chi connectivity index (χ2n) is 6.58. The largest absolute Gasteiger partial charge is 0.391 e. The van der Waals surface area contributed by atoms with Crippen LogP contribution in [0.2, 0.25) is 0 Å². The third kappa shape index (κ3) is 3.99. The van der Waals surface area contributed by atoms with Crippen molar-refractivity contribution in [3.63, 3.8) is 0 Å². The van der Waals surface area contributed by atoms with Gasteiger partial charge in [0.15, 0.2) is 14.6 Å². The molecule has 0 unspecified atom stereocenters. The molecule has 0 bridgehead atoms. The molecule has 23 heavy (non-hydrogen) atoms. The van der Waals surface area contributed by atoms with Crippen LogP contribution >= 0.6 is 0 Å². The summed E-state index contributed by atoms with van der Waals surface area (Å²) in [5, 5.41) is 5.72. The highest BCUT2D eigenvalue weighted by Crippen LogP contribution is 2.38. The normalized spacial score (nSPS) is 29.0. The van der Waals surface area contributed by atoms with E-state index in [-0.39, 0.29) is 44.6 Å². The van der Waals surface area contributed by atoms with Crippen molar-refractivity contribution in [1.82, 2.24) is 10.6 Å². The van der Waals surface area contributed by atoms with Crippen LogP contribution in [-0.4, -0.2) is 50.6 Å². The molecule has 2 N–H and O–H groups in total. The van der Waals surface area contributed by atoms with Crippen molar-refractivity contribution in [2.75, 3.05) is 19.3 Å². The molecule has 0 spiro atoms. The third-order valence-electron chi connectivity index (χ3n) is 5.06. The van der Waals surface area contributed by atoms with Crippen molar-refractivity contribution in [3.8, 4) is 0 Å². The maximum Gasteiger partial charge on any atom is 0.391 e. The number of halogens is 3. The number of amides is 1. The van der Waals surface area contributed by atoms with Crippen molar-refractivity contribution in [3.05, 3.63) is 0 Å². The summed E-state index contributed by atoms with van der Waals surface area (Å²) in [7, 11) is -3.60. The minimum atomic E-state index is -4.20. The lowest BCUT2D eigenvalue weighted by Gasteiger charge is -2.37. The van der Waals surface area contributed by atoms with Gasteiger partial charge in [-0.25, -0.2) is 8.42 Å². The maximum absolute atomic E-state index is 12.7. The summed E-state index contributed by atoms with van der Waals surface area (Å²) in [6, 6.07) is -0.380. The Morgan fingerprint density at radius 1 is 1.13 bits per heavy atom. The first kappa shape index (κ1) is 18.5. The second-order valence-corrected chi connectivity index (χ2v) is 8.91. The molecule has 2 aliphatic rings. The number of carbonyl (C=O) groups excluding carboxylic acids is 1. The molecule has 0 aromatic rings. The maximum atomic E-state index is 12.7. The number of carbonyl (C=O) groups is 1. The summed E-state index contributed by atoms with van der Waals surface area (Å²) in [4.78, 5) is 12.6. The minimum absolute atomic E-state index is 0.0259. The Labute approximate surface area is 134 Å². The lowest BCUT2D eigenvalue weighted by Crippen LogP contribution is -2.59. The molecule has 1 saturated heterocycles. The number of hydrogen-bond donors (Lipinski definition) is 2. The zero-order valence-electron chi connectivity index (χ0n) is 13.1. The molecule has 0 aromatic carbocycles. The van der Waals surface area contributed by atoms with Gasteiger partial charge in [0.2, 0.25) is 5.91 Å². The van der Waals surface area contributed by atoms with Crippen molar-refractivity contribution < 1.29 is 26.4 Å². The van der Waals surface area contributed by atoms with Crippen LogP contribution in [0.1, 0.15) is 38.5 Å². The van der Waals surface area contributed by atoms with E-state index in [0.29, 0.717) is 13.1 Å². The van der Waals surface area contributed by atoms with E-state index >= 15 is 0 Å². The molecule has 5 nitrogen and oxygen atoms in total. The van der Waals surface area contributed by atoms with E-state index in [1.165, 1.54) is 0 Å². The third-order valence-corrected chi connectivity index (χ3v) is 7.07. The Bertz CT molecular complexity index is 534. The summed E-state index contributed by atoms with van der Waals surface area (Å²) < 4.78 is 60.8. The molecule has 1 heterocycles. The zero-order chi connectivity index (χ0) is 17.3. The number of sulfone groups is 1. The van der Waals surface area contributed by atoms with E-state index in [0.717, 1.165) is 6.26 Å². The molecule has 1 aliphatic heterocycles. The first-order chi connectivity index (χ1) is 10.6. The molecule has 2 fully saturated rings. The fraction of sp³-hybridized carbons (Fsp3) is 0.929. The van der Waals surface area contributed by atoms with Crippen molar-refractivity contribution in [1.29, 1.82) is 0 Å². The average molecular weight is 356 g/mol. The zero-order valence-corrected chi connectivity index (χ0v) is 13.9. The van der Waals surface area contributed by atoms with Gasteiger partial charge < -0.3 is 10.6 Å². The Hall–Kier alpha value is -0.830. The first-order valence-electron chi connectivity index (χ1n) is 7.84. The Balaban J connectivity index is 2.01. The highest BCUT2D eigenvalue weighted by atomic mass is 32.2. The van der Waals surface area contributed by atoms with Crippen molar-refractivity contribution in [2.45, 2.75) is 55.5 Å². The van der Waals surface area contributed by atoms with Gasteiger partial charge in [0.25, 0.3) is 0 Å². The number of hydrogen-bond acceptors (Lipinski definition) is 4.